The molecule has 3 N–H and O–H groups in total. The summed E-state index contributed by atoms with van der Waals surface area (Å²) in [4.78, 5) is 12.0. The van der Waals surface area contributed by atoms with E-state index in [4.69, 9.17) is 9.47 Å². The molecule has 0 aromatic heterocycles. The highest BCUT2D eigenvalue weighted by atomic mass is 16.5. The zero-order valence-corrected chi connectivity index (χ0v) is 15.8. The fourth-order valence-electron chi connectivity index (χ4n) is 2.35. The van der Waals surface area contributed by atoms with E-state index in [1.807, 2.05) is 26.8 Å². The maximum absolute atomic E-state index is 12.0. The van der Waals surface area contributed by atoms with Crippen LogP contribution in [0.3, 0.4) is 0 Å². The largest absolute Gasteiger partial charge is 0.490 e. The quantitative estimate of drug-likeness (QED) is 0.566. The summed E-state index contributed by atoms with van der Waals surface area (Å²) in [5.74, 6) is 1.53. The highest BCUT2D eigenvalue weighted by molar-refractivity contribution is 5.89. The summed E-state index contributed by atoms with van der Waals surface area (Å²) in [7, 11) is 0. The van der Waals surface area contributed by atoms with Crippen LogP contribution in [0.4, 0.5) is 10.5 Å². The molecule has 1 aromatic rings. The van der Waals surface area contributed by atoms with Gasteiger partial charge in [-0.05, 0) is 44.2 Å². The van der Waals surface area contributed by atoms with E-state index in [-0.39, 0.29) is 18.1 Å². The molecule has 2 unspecified atom stereocenters. The van der Waals surface area contributed by atoms with Gasteiger partial charge in [-0.2, -0.15) is 0 Å². The van der Waals surface area contributed by atoms with E-state index in [1.54, 1.807) is 19.1 Å². The molecule has 1 aromatic carbocycles. The molecule has 142 valence electrons. The van der Waals surface area contributed by atoms with Gasteiger partial charge in [0.05, 0.1) is 19.3 Å². The van der Waals surface area contributed by atoms with Gasteiger partial charge in [-0.15, -0.1) is 0 Å². The van der Waals surface area contributed by atoms with Crippen molar-refractivity contribution in [2.24, 2.45) is 5.92 Å². The minimum absolute atomic E-state index is 0.207. The Morgan fingerprint density at radius 3 is 2.36 bits per heavy atom. The average Bonchev–Trinajstić information content (AvgIpc) is 2.56. The maximum Gasteiger partial charge on any atom is 0.319 e. The van der Waals surface area contributed by atoms with E-state index >= 15 is 0 Å². The molecular formula is C19H32N2O4. The number of aliphatic hydroxyl groups is 1. The Morgan fingerprint density at radius 2 is 1.76 bits per heavy atom. The highest BCUT2D eigenvalue weighted by Crippen LogP contribution is 2.30. The maximum atomic E-state index is 12.0. The van der Waals surface area contributed by atoms with Crippen LogP contribution in [0, 0.1) is 5.92 Å². The predicted octanol–water partition coefficient (Wildman–Crippen LogP) is 3.79. The Labute approximate surface area is 150 Å². The molecule has 0 bridgehead atoms. The molecule has 0 fully saturated rings. The lowest BCUT2D eigenvalue weighted by molar-refractivity contribution is 0.163. The lowest BCUT2D eigenvalue weighted by Crippen LogP contribution is -2.33. The first-order valence-electron chi connectivity index (χ1n) is 9.08. The average molecular weight is 352 g/mol. The molecule has 0 saturated carbocycles. The molecular weight excluding hydrogens is 320 g/mol. The van der Waals surface area contributed by atoms with Gasteiger partial charge in [0.15, 0.2) is 11.5 Å². The summed E-state index contributed by atoms with van der Waals surface area (Å²) >= 11 is 0. The molecule has 0 saturated heterocycles. The number of nitrogens with one attached hydrogen (secondary N) is 2. The van der Waals surface area contributed by atoms with E-state index in [1.165, 1.54) is 0 Å². The summed E-state index contributed by atoms with van der Waals surface area (Å²) in [5, 5.41) is 15.0. The molecule has 2 amide bonds. The van der Waals surface area contributed by atoms with Gasteiger partial charge in [-0.1, -0.05) is 20.8 Å². The molecule has 6 nitrogen and oxygen atoms in total. The van der Waals surface area contributed by atoms with Crippen LogP contribution in [0.2, 0.25) is 0 Å². The zero-order valence-electron chi connectivity index (χ0n) is 15.8. The van der Waals surface area contributed by atoms with Gasteiger partial charge in [-0.3, -0.25) is 0 Å². The molecule has 0 spiro atoms. The fraction of sp³-hybridized carbons (Fsp3) is 0.632. The van der Waals surface area contributed by atoms with Crippen LogP contribution >= 0.6 is 0 Å². The molecule has 25 heavy (non-hydrogen) atoms. The van der Waals surface area contributed by atoms with Crippen LogP contribution in [0.15, 0.2) is 18.2 Å². The van der Waals surface area contributed by atoms with E-state index in [0.29, 0.717) is 43.4 Å². The molecule has 0 aliphatic rings. The number of amides is 2. The molecule has 0 radical (unpaired) electrons. The first-order valence-corrected chi connectivity index (χ1v) is 9.08. The summed E-state index contributed by atoms with van der Waals surface area (Å²) in [6.07, 6.45) is 2.10. The molecule has 0 heterocycles. The zero-order chi connectivity index (χ0) is 18.7. The van der Waals surface area contributed by atoms with Gasteiger partial charge in [-0.25, -0.2) is 4.79 Å². The number of carbonyl (C=O) groups is 1. The van der Waals surface area contributed by atoms with Crippen LogP contribution in [0.1, 0.15) is 47.0 Å². The van der Waals surface area contributed by atoms with E-state index < -0.39 is 0 Å². The van der Waals surface area contributed by atoms with Gasteiger partial charge in [0.25, 0.3) is 0 Å². The smallest absolute Gasteiger partial charge is 0.319 e. The lowest BCUT2D eigenvalue weighted by Gasteiger charge is -2.16. The van der Waals surface area contributed by atoms with Gasteiger partial charge < -0.3 is 25.2 Å². The third kappa shape index (κ3) is 8.63. The third-order valence-electron chi connectivity index (χ3n) is 3.48. The van der Waals surface area contributed by atoms with Crippen molar-refractivity contribution in [2.75, 3.05) is 25.1 Å². The minimum atomic E-state index is -0.367. The molecule has 1 rings (SSSR count). The number of aliphatic hydroxyl groups excluding tert-OH is 1. The van der Waals surface area contributed by atoms with Crippen molar-refractivity contribution >= 4 is 11.7 Å². The molecule has 0 aliphatic carbocycles. The fourth-order valence-corrected chi connectivity index (χ4v) is 2.35. The number of hydrogen-bond acceptors (Lipinski definition) is 4. The molecule has 2 atom stereocenters. The Bertz CT molecular complexity index is 520. The summed E-state index contributed by atoms with van der Waals surface area (Å²) in [5.41, 5.74) is 0.649. The van der Waals surface area contributed by atoms with Gasteiger partial charge >= 0.3 is 6.03 Å². The highest BCUT2D eigenvalue weighted by Gasteiger charge is 2.11. The Hall–Kier alpha value is -1.95. The van der Waals surface area contributed by atoms with Gasteiger partial charge in [0.2, 0.25) is 0 Å². The van der Waals surface area contributed by atoms with Crippen LogP contribution < -0.4 is 20.1 Å². The third-order valence-corrected chi connectivity index (χ3v) is 3.48. The second-order valence-electron chi connectivity index (χ2n) is 6.38. The number of anilines is 1. The van der Waals surface area contributed by atoms with Crippen LogP contribution in [-0.4, -0.2) is 37.0 Å². The normalized spacial score (nSPS) is 13.0. The second kappa shape index (κ2) is 11.6. The standard InChI is InChI=1S/C19H32N2O4/c1-5-9-24-17-8-7-16(12-18(17)25-10-6-2)21-19(23)20-13-14(3)11-15(4)22/h7-8,12,14-15,22H,5-6,9-11,13H2,1-4H3,(H2,20,21,23). The predicted molar refractivity (Wildman–Crippen MR) is 100 cm³/mol. The first-order chi connectivity index (χ1) is 12.0. The summed E-state index contributed by atoms with van der Waals surface area (Å²) in [6, 6.07) is 5.11. The van der Waals surface area contributed by atoms with Crippen LogP contribution in [0.5, 0.6) is 11.5 Å². The summed E-state index contributed by atoms with van der Waals surface area (Å²) < 4.78 is 11.4. The van der Waals surface area contributed by atoms with Crippen LogP contribution in [-0.2, 0) is 0 Å². The van der Waals surface area contributed by atoms with Crippen LogP contribution in [0.25, 0.3) is 0 Å². The van der Waals surface area contributed by atoms with Crippen molar-refractivity contribution in [3.63, 3.8) is 0 Å². The topological polar surface area (TPSA) is 79.8 Å². The van der Waals surface area contributed by atoms with E-state index in [0.717, 1.165) is 12.8 Å². The summed E-state index contributed by atoms with van der Waals surface area (Å²) in [6.45, 7) is 9.54. The van der Waals surface area contributed by atoms with Crippen molar-refractivity contribution in [2.45, 2.75) is 53.1 Å². The molecule has 0 aliphatic heterocycles. The van der Waals surface area contributed by atoms with Crippen molar-refractivity contribution in [3.05, 3.63) is 18.2 Å². The van der Waals surface area contributed by atoms with Crippen molar-refractivity contribution in [1.29, 1.82) is 0 Å². The Morgan fingerprint density at radius 1 is 1.12 bits per heavy atom. The number of ether oxygens (including phenoxy) is 2. The van der Waals surface area contributed by atoms with E-state index in [9.17, 15) is 9.90 Å². The Balaban J connectivity index is 2.63. The van der Waals surface area contributed by atoms with Crippen molar-refractivity contribution in [1.82, 2.24) is 5.32 Å². The first kappa shape index (κ1) is 21.1. The van der Waals surface area contributed by atoms with E-state index in [2.05, 4.69) is 10.6 Å². The molecule has 6 heteroatoms. The SMILES string of the molecule is CCCOc1ccc(NC(=O)NCC(C)CC(C)O)cc1OCCC. The number of hydrogen-bond donors (Lipinski definition) is 3. The number of rotatable bonds is 11. The lowest BCUT2D eigenvalue weighted by atomic mass is 10.1. The number of benzene rings is 1. The Kier molecular flexibility index (Phi) is 9.77. The minimum Gasteiger partial charge on any atom is -0.490 e. The number of urea groups is 1. The second-order valence-corrected chi connectivity index (χ2v) is 6.38. The van der Waals surface area contributed by atoms with Gasteiger partial charge in [0.1, 0.15) is 0 Å². The number of carbonyl (C=O) groups excluding carboxylic acids is 1. The van der Waals surface area contributed by atoms with Crippen molar-refractivity contribution < 1.29 is 19.4 Å². The van der Waals surface area contributed by atoms with Gasteiger partial charge in [0, 0.05) is 18.3 Å². The monoisotopic (exact) mass is 352 g/mol. The van der Waals surface area contributed by atoms with Crippen molar-refractivity contribution in [3.8, 4) is 11.5 Å².